The van der Waals surface area contributed by atoms with Crippen molar-refractivity contribution in [3.63, 3.8) is 0 Å². The molecule has 4 N–H and O–H groups in total. The largest absolute Gasteiger partial charge is 0.399 e. The van der Waals surface area contributed by atoms with E-state index in [4.69, 9.17) is 5.73 Å². The number of anilines is 2. The number of nitrogens with two attached hydrogens (primary N) is 1. The normalized spacial score (nSPS) is 10.8. The lowest BCUT2D eigenvalue weighted by molar-refractivity contribution is 1.07. The summed E-state index contributed by atoms with van der Waals surface area (Å²) in [7, 11) is 0. The third kappa shape index (κ3) is 2.50. The lowest BCUT2D eigenvalue weighted by atomic mass is 10.2. The molecule has 6 heteroatoms. The molecule has 0 bridgehead atoms. The molecule has 2 aromatic heterocycles. The van der Waals surface area contributed by atoms with Crippen molar-refractivity contribution in [1.82, 2.24) is 9.97 Å². The van der Waals surface area contributed by atoms with Crippen molar-refractivity contribution < 1.29 is 0 Å². The summed E-state index contributed by atoms with van der Waals surface area (Å²) < 4.78 is 0. The third-order valence-corrected chi connectivity index (χ3v) is 3.96. The van der Waals surface area contributed by atoms with Crippen LogP contribution < -0.4 is 16.6 Å². The van der Waals surface area contributed by atoms with Gasteiger partial charge in [0, 0.05) is 15.4 Å². The van der Waals surface area contributed by atoms with Crippen LogP contribution in [0.1, 0.15) is 9.75 Å². The van der Waals surface area contributed by atoms with Gasteiger partial charge in [0.25, 0.3) is 5.56 Å². The molecule has 102 valence electrons. The van der Waals surface area contributed by atoms with Gasteiger partial charge in [0.05, 0.1) is 17.4 Å². The van der Waals surface area contributed by atoms with E-state index in [1.165, 1.54) is 9.75 Å². The molecule has 0 aliphatic carbocycles. The van der Waals surface area contributed by atoms with Gasteiger partial charge >= 0.3 is 0 Å². The highest BCUT2D eigenvalue weighted by atomic mass is 32.1. The SMILES string of the molecule is Cc1ccc(CNc2nc3ccc(N)cc3c(=O)[nH]2)s1. The van der Waals surface area contributed by atoms with Gasteiger partial charge in [0.15, 0.2) is 0 Å². The van der Waals surface area contributed by atoms with Crippen molar-refractivity contribution >= 4 is 33.9 Å². The van der Waals surface area contributed by atoms with Crippen molar-refractivity contribution in [3.05, 3.63) is 50.4 Å². The molecule has 0 amide bonds. The molecule has 1 aromatic carbocycles. The number of nitrogens with zero attached hydrogens (tertiary/aromatic N) is 1. The minimum absolute atomic E-state index is 0.188. The Bertz CT molecular complexity index is 821. The topological polar surface area (TPSA) is 83.8 Å². The molecule has 0 aliphatic heterocycles. The Hall–Kier alpha value is -2.34. The number of nitrogen functional groups attached to an aromatic ring is 1. The first kappa shape index (κ1) is 12.7. The molecule has 0 spiro atoms. The van der Waals surface area contributed by atoms with Gasteiger partial charge in [-0.1, -0.05) is 0 Å². The number of hydrogen-bond acceptors (Lipinski definition) is 5. The first-order valence-corrected chi connectivity index (χ1v) is 7.02. The molecule has 3 rings (SSSR count). The van der Waals surface area contributed by atoms with Crippen molar-refractivity contribution in [1.29, 1.82) is 0 Å². The van der Waals surface area contributed by atoms with E-state index in [9.17, 15) is 4.79 Å². The molecule has 2 heterocycles. The fraction of sp³-hybridized carbons (Fsp3) is 0.143. The molecule has 0 fully saturated rings. The second kappa shape index (κ2) is 4.97. The summed E-state index contributed by atoms with van der Waals surface area (Å²) in [6.07, 6.45) is 0. The van der Waals surface area contributed by atoms with Crippen LogP contribution in [0.25, 0.3) is 10.9 Å². The zero-order valence-electron chi connectivity index (χ0n) is 10.9. The van der Waals surface area contributed by atoms with Gasteiger partial charge < -0.3 is 11.1 Å². The predicted octanol–water partition coefficient (Wildman–Crippen LogP) is 2.49. The second-order valence-electron chi connectivity index (χ2n) is 4.56. The number of aromatic nitrogens is 2. The standard InChI is InChI=1S/C14H14N4OS/c1-8-2-4-10(20-8)7-16-14-17-12-5-3-9(15)6-11(12)13(19)18-14/h2-6H,7,15H2,1H3,(H2,16,17,18,19). The Morgan fingerprint density at radius 3 is 2.95 bits per heavy atom. The Balaban J connectivity index is 1.89. The summed E-state index contributed by atoms with van der Waals surface area (Å²) >= 11 is 1.72. The highest BCUT2D eigenvalue weighted by Crippen LogP contribution is 2.17. The maximum atomic E-state index is 12.0. The van der Waals surface area contributed by atoms with Gasteiger partial charge in [0.1, 0.15) is 0 Å². The molecule has 0 atom stereocenters. The third-order valence-electron chi connectivity index (χ3n) is 2.96. The van der Waals surface area contributed by atoms with E-state index in [2.05, 4.69) is 34.3 Å². The van der Waals surface area contributed by atoms with E-state index < -0.39 is 0 Å². The minimum Gasteiger partial charge on any atom is -0.399 e. The highest BCUT2D eigenvalue weighted by molar-refractivity contribution is 7.11. The van der Waals surface area contributed by atoms with Gasteiger partial charge in [-0.05, 0) is 37.3 Å². The van der Waals surface area contributed by atoms with E-state index in [-0.39, 0.29) is 5.56 Å². The number of fused-ring (bicyclic) bond motifs is 1. The Labute approximate surface area is 119 Å². The fourth-order valence-electron chi connectivity index (χ4n) is 1.99. The molecule has 0 saturated heterocycles. The molecule has 3 aromatic rings. The summed E-state index contributed by atoms with van der Waals surface area (Å²) in [5.41, 5.74) is 6.67. The average molecular weight is 286 g/mol. The van der Waals surface area contributed by atoms with E-state index in [0.717, 1.165) is 0 Å². The quantitative estimate of drug-likeness (QED) is 0.646. The Morgan fingerprint density at radius 2 is 2.20 bits per heavy atom. The van der Waals surface area contributed by atoms with Crippen LogP contribution in [0.15, 0.2) is 35.1 Å². The van der Waals surface area contributed by atoms with Crippen LogP contribution in [-0.2, 0) is 6.54 Å². The molecule has 0 aliphatic rings. The summed E-state index contributed by atoms with van der Waals surface area (Å²) in [4.78, 5) is 21.5. The highest BCUT2D eigenvalue weighted by Gasteiger charge is 2.04. The number of hydrogen-bond donors (Lipinski definition) is 3. The van der Waals surface area contributed by atoms with Gasteiger partial charge in [-0.25, -0.2) is 4.98 Å². The monoisotopic (exact) mass is 286 g/mol. The van der Waals surface area contributed by atoms with Gasteiger partial charge in [0.2, 0.25) is 5.95 Å². The zero-order valence-corrected chi connectivity index (χ0v) is 11.8. The summed E-state index contributed by atoms with van der Waals surface area (Å²) in [6.45, 7) is 2.71. The maximum Gasteiger partial charge on any atom is 0.260 e. The first-order chi connectivity index (χ1) is 9.61. The molecule has 0 saturated carbocycles. The van der Waals surface area contributed by atoms with Crippen LogP contribution in [0, 0.1) is 6.92 Å². The van der Waals surface area contributed by atoms with Crippen LogP contribution in [0.2, 0.25) is 0 Å². The molecular formula is C14H14N4OS. The van der Waals surface area contributed by atoms with Crippen LogP contribution in [0.5, 0.6) is 0 Å². The molecular weight excluding hydrogens is 272 g/mol. The number of aryl methyl sites for hydroxylation is 1. The van der Waals surface area contributed by atoms with E-state index in [0.29, 0.717) is 29.1 Å². The number of rotatable bonds is 3. The van der Waals surface area contributed by atoms with Crippen LogP contribution in [0.4, 0.5) is 11.6 Å². The van der Waals surface area contributed by atoms with Gasteiger partial charge in [-0.2, -0.15) is 0 Å². The van der Waals surface area contributed by atoms with Crippen molar-refractivity contribution in [2.24, 2.45) is 0 Å². The lowest BCUT2D eigenvalue weighted by Crippen LogP contribution is -2.13. The summed E-state index contributed by atoms with van der Waals surface area (Å²) in [5, 5.41) is 3.64. The first-order valence-electron chi connectivity index (χ1n) is 6.20. The lowest BCUT2D eigenvalue weighted by Gasteiger charge is -2.05. The summed E-state index contributed by atoms with van der Waals surface area (Å²) in [5.74, 6) is 0.471. The van der Waals surface area contributed by atoms with Crippen molar-refractivity contribution in [2.45, 2.75) is 13.5 Å². The fourth-order valence-corrected chi connectivity index (χ4v) is 2.82. The molecule has 0 radical (unpaired) electrons. The Kier molecular flexibility index (Phi) is 3.15. The number of aromatic amines is 1. The number of H-pyrrole nitrogens is 1. The van der Waals surface area contributed by atoms with Gasteiger partial charge in [-0.15, -0.1) is 11.3 Å². The number of thiophene rings is 1. The Morgan fingerprint density at radius 1 is 1.35 bits per heavy atom. The van der Waals surface area contributed by atoms with Crippen LogP contribution >= 0.6 is 11.3 Å². The molecule has 20 heavy (non-hydrogen) atoms. The summed E-state index contributed by atoms with van der Waals surface area (Å²) in [6, 6.07) is 9.25. The zero-order chi connectivity index (χ0) is 14.1. The van der Waals surface area contributed by atoms with E-state index in [1.807, 2.05) is 0 Å². The second-order valence-corrected chi connectivity index (χ2v) is 5.93. The average Bonchev–Trinajstić information content (AvgIpc) is 2.83. The predicted molar refractivity (Wildman–Crippen MR) is 83.2 cm³/mol. The van der Waals surface area contributed by atoms with E-state index in [1.54, 1.807) is 29.5 Å². The molecule has 5 nitrogen and oxygen atoms in total. The number of nitrogens with one attached hydrogen (secondary N) is 2. The number of benzene rings is 1. The smallest absolute Gasteiger partial charge is 0.260 e. The minimum atomic E-state index is -0.188. The van der Waals surface area contributed by atoms with Crippen molar-refractivity contribution in [3.8, 4) is 0 Å². The molecule has 0 unspecified atom stereocenters. The maximum absolute atomic E-state index is 12.0. The van der Waals surface area contributed by atoms with E-state index >= 15 is 0 Å². The van der Waals surface area contributed by atoms with Gasteiger partial charge in [-0.3, -0.25) is 9.78 Å². The van der Waals surface area contributed by atoms with Crippen LogP contribution in [0.3, 0.4) is 0 Å². The van der Waals surface area contributed by atoms with Crippen molar-refractivity contribution in [2.75, 3.05) is 11.1 Å². The van der Waals surface area contributed by atoms with Crippen LogP contribution in [-0.4, -0.2) is 9.97 Å².